The van der Waals surface area contributed by atoms with Crippen molar-refractivity contribution in [2.45, 2.75) is 67.2 Å². The fourth-order valence-corrected chi connectivity index (χ4v) is 4.20. The predicted octanol–water partition coefficient (Wildman–Crippen LogP) is 4.81. The lowest BCUT2D eigenvalue weighted by molar-refractivity contribution is 0.274. The zero-order valence-electron chi connectivity index (χ0n) is 20.1. The second-order valence-electron chi connectivity index (χ2n) is 7.46. The van der Waals surface area contributed by atoms with E-state index in [0.29, 0.717) is 11.2 Å². The largest absolute Gasteiger partial charge is 0.497 e. The van der Waals surface area contributed by atoms with Gasteiger partial charge in [-0.1, -0.05) is 45.4 Å². The lowest BCUT2D eigenvalue weighted by atomic mass is 10.1. The van der Waals surface area contributed by atoms with E-state index in [9.17, 15) is 0 Å². The Morgan fingerprint density at radius 3 is 2.52 bits per heavy atom. The van der Waals surface area contributed by atoms with Gasteiger partial charge in [-0.2, -0.15) is 0 Å². The minimum Gasteiger partial charge on any atom is -0.497 e. The third kappa shape index (κ3) is 5.88. The SMILES string of the molecule is CC.CC.COc1ccc(C)c(CN2Cc3c(Cl)nnc(N4CCNCC4C)c3C2)c1. The monoisotopic (exact) mass is 447 g/mol. The number of piperazine rings is 1. The topological polar surface area (TPSA) is 53.5 Å². The third-order valence-corrected chi connectivity index (χ3v) is 5.91. The van der Waals surface area contributed by atoms with E-state index in [0.717, 1.165) is 56.4 Å². The summed E-state index contributed by atoms with van der Waals surface area (Å²) in [6.45, 7) is 17.7. The summed E-state index contributed by atoms with van der Waals surface area (Å²) in [6.07, 6.45) is 0. The van der Waals surface area contributed by atoms with Gasteiger partial charge in [-0.3, -0.25) is 4.90 Å². The van der Waals surface area contributed by atoms with Crippen LogP contribution in [0.15, 0.2) is 18.2 Å². The average molecular weight is 448 g/mol. The van der Waals surface area contributed by atoms with Crippen molar-refractivity contribution < 1.29 is 4.74 Å². The predicted molar refractivity (Wildman–Crippen MR) is 130 cm³/mol. The molecule has 0 radical (unpaired) electrons. The van der Waals surface area contributed by atoms with Crippen LogP contribution < -0.4 is 15.0 Å². The number of nitrogens with zero attached hydrogens (tertiary/aromatic N) is 4. The Morgan fingerprint density at radius 1 is 1.13 bits per heavy atom. The molecular formula is C24H38ClN5O. The highest BCUT2D eigenvalue weighted by Gasteiger charge is 2.31. The van der Waals surface area contributed by atoms with Gasteiger partial charge in [0.15, 0.2) is 11.0 Å². The molecule has 1 N–H and O–H groups in total. The summed E-state index contributed by atoms with van der Waals surface area (Å²) in [4.78, 5) is 4.76. The van der Waals surface area contributed by atoms with E-state index in [1.54, 1.807) is 7.11 Å². The molecule has 31 heavy (non-hydrogen) atoms. The Morgan fingerprint density at radius 2 is 1.84 bits per heavy atom. The second kappa shape index (κ2) is 12.2. The van der Waals surface area contributed by atoms with Gasteiger partial charge in [0.05, 0.1) is 7.11 Å². The zero-order valence-corrected chi connectivity index (χ0v) is 20.9. The Labute approximate surface area is 192 Å². The molecular weight excluding hydrogens is 410 g/mol. The van der Waals surface area contributed by atoms with E-state index < -0.39 is 0 Å². The quantitative estimate of drug-likeness (QED) is 0.725. The van der Waals surface area contributed by atoms with Gasteiger partial charge in [-0.15, -0.1) is 10.2 Å². The lowest BCUT2D eigenvalue weighted by Gasteiger charge is -2.35. The molecule has 6 nitrogen and oxygen atoms in total. The van der Waals surface area contributed by atoms with Gasteiger partial charge in [-0.05, 0) is 37.1 Å². The molecule has 2 aromatic rings. The standard InChI is InChI=1S/C20H26ClN5O.2C2H6/c1-13-4-5-16(27-3)8-15(13)10-25-11-17-18(12-25)20(24-23-19(17)21)26-7-6-22-9-14(26)2;2*1-2/h4-5,8,14,22H,6-7,9-12H2,1-3H3;2*1-2H3. The van der Waals surface area contributed by atoms with E-state index in [4.69, 9.17) is 16.3 Å². The first kappa shape index (κ1) is 25.4. The molecule has 0 amide bonds. The van der Waals surface area contributed by atoms with Crippen molar-refractivity contribution in [3.63, 3.8) is 0 Å². The van der Waals surface area contributed by atoms with Crippen molar-refractivity contribution >= 4 is 17.4 Å². The summed E-state index contributed by atoms with van der Waals surface area (Å²) in [5.74, 6) is 1.89. The second-order valence-corrected chi connectivity index (χ2v) is 7.81. The first-order valence-corrected chi connectivity index (χ1v) is 11.8. The minimum absolute atomic E-state index is 0.396. The number of anilines is 1. The average Bonchev–Trinajstić information content (AvgIpc) is 3.24. The van der Waals surface area contributed by atoms with E-state index in [1.165, 1.54) is 16.7 Å². The van der Waals surface area contributed by atoms with Crippen LogP contribution in [0.1, 0.15) is 56.9 Å². The van der Waals surface area contributed by atoms with Crippen LogP contribution in [0.4, 0.5) is 5.82 Å². The number of methoxy groups -OCH3 is 1. The smallest absolute Gasteiger partial charge is 0.156 e. The maximum atomic E-state index is 6.41. The molecule has 1 unspecified atom stereocenters. The Hall–Kier alpha value is -1.89. The highest BCUT2D eigenvalue weighted by atomic mass is 35.5. The van der Waals surface area contributed by atoms with E-state index in [-0.39, 0.29) is 0 Å². The van der Waals surface area contributed by atoms with Crippen LogP contribution >= 0.6 is 11.6 Å². The Balaban J connectivity index is 0.000000807. The molecule has 2 aliphatic heterocycles. The van der Waals surface area contributed by atoms with Gasteiger partial charge in [0.2, 0.25) is 0 Å². The molecule has 1 atom stereocenters. The number of fused-ring (bicyclic) bond motifs is 1. The molecule has 4 rings (SSSR count). The molecule has 1 aromatic heterocycles. The fourth-order valence-electron chi connectivity index (χ4n) is 3.99. The summed E-state index contributed by atoms with van der Waals surface area (Å²) < 4.78 is 5.39. The van der Waals surface area contributed by atoms with Crippen molar-refractivity contribution in [1.29, 1.82) is 0 Å². The fraction of sp³-hybridized carbons (Fsp3) is 0.583. The molecule has 172 valence electrons. The van der Waals surface area contributed by atoms with Crippen LogP contribution in [-0.4, -0.2) is 47.9 Å². The summed E-state index contributed by atoms with van der Waals surface area (Å²) in [5.41, 5.74) is 4.89. The van der Waals surface area contributed by atoms with Crippen LogP contribution in [0, 0.1) is 6.92 Å². The number of nitrogens with one attached hydrogen (secondary N) is 1. The molecule has 2 aliphatic rings. The van der Waals surface area contributed by atoms with E-state index in [1.807, 2.05) is 33.8 Å². The van der Waals surface area contributed by atoms with Crippen LogP contribution in [0.3, 0.4) is 0 Å². The summed E-state index contributed by atoms with van der Waals surface area (Å²) >= 11 is 6.41. The number of ether oxygens (including phenoxy) is 1. The number of hydrogen-bond acceptors (Lipinski definition) is 6. The highest BCUT2D eigenvalue weighted by Crippen LogP contribution is 2.35. The maximum Gasteiger partial charge on any atom is 0.156 e. The van der Waals surface area contributed by atoms with Crippen molar-refractivity contribution in [3.8, 4) is 5.75 Å². The normalized spacial score (nSPS) is 17.8. The lowest BCUT2D eigenvalue weighted by Crippen LogP contribution is -2.50. The van der Waals surface area contributed by atoms with Crippen molar-refractivity contribution in [3.05, 3.63) is 45.6 Å². The molecule has 1 saturated heterocycles. The number of benzene rings is 1. The van der Waals surface area contributed by atoms with Crippen LogP contribution in [-0.2, 0) is 19.6 Å². The van der Waals surface area contributed by atoms with Gasteiger partial charge in [-0.25, -0.2) is 0 Å². The molecule has 1 fully saturated rings. The first-order valence-electron chi connectivity index (χ1n) is 11.4. The van der Waals surface area contributed by atoms with Crippen molar-refractivity contribution in [1.82, 2.24) is 20.4 Å². The molecule has 1 aromatic carbocycles. The summed E-state index contributed by atoms with van der Waals surface area (Å²) in [6, 6.07) is 6.64. The van der Waals surface area contributed by atoms with Crippen molar-refractivity contribution in [2.24, 2.45) is 0 Å². The molecule has 0 spiro atoms. The van der Waals surface area contributed by atoms with Crippen LogP contribution in [0.2, 0.25) is 5.15 Å². The number of halogens is 1. The Kier molecular flexibility index (Phi) is 10.0. The highest BCUT2D eigenvalue weighted by molar-refractivity contribution is 6.30. The number of hydrogen-bond donors (Lipinski definition) is 1. The minimum atomic E-state index is 0.396. The van der Waals surface area contributed by atoms with Crippen molar-refractivity contribution in [2.75, 3.05) is 31.6 Å². The van der Waals surface area contributed by atoms with Crippen LogP contribution in [0.25, 0.3) is 0 Å². The number of rotatable bonds is 4. The zero-order chi connectivity index (χ0) is 23.0. The number of aryl methyl sites for hydroxylation is 1. The van der Waals surface area contributed by atoms with Gasteiger partial charge in [0, 0.05) is 56.4 Å². The first-order chi connectivity index (χ1) is 15.1. The molecule has 7 heteroatoms. The van der Waals surface area contributed by atoms with Gasteiger partial charge < -0.3 is 15.0 Å². The van der Waals surface area contributed by atoms with Gasteiger partial charge in [0.25, 0.3) is 0 Å². The molecule has 3 heterocycles. The summed E-state index contributed by atoms with van der Waals surface area (Å²) in [5, 5.41) is 12.7. The van der Waals surface area contributed by atoms with E-state index in [2.05, 4.69) is 51.3 Å². The molecule has 0 saturated carbocycles. The molecule has 0 bridgehead atoms. The van der Waals surface area contributed by atoms with E-state index >= 15 is 0 Å². The van der Waals surface area contributed by atoms with Gasteiger partial charge >= 0.3 is 0 Å². The van der Waals surface area contributed by atoms with Gasteiger partial charge in [0.1, 0.15) is 5.75 Å². The maximum absolute atomic E-state index is 6.41. The molecule has 0 aliphatic carbocycles. The van der Waals surface area contributed by atoms with Crippen LogP contribution in [0.5, 0.6) is 5.75 Å². The Bertz CT molecular complexity index is 845. The summed E-state index contributed by atoms with van der Waals surface area (Å²) in [7, 11) is 1.71. The third-order valence-electron chi connectivity index (χ3n) is 5.60. The number of aromatic nitrogens is 2.